The molecule has 0 aliphatic rings. The normalized spacial score (nSPS) is 11.1. The highest BCUT2D eigenvalue weighted by atomic mass is 15.0. The smallest absolute Gasteiger partial charge is 0.0998 e. The summed E-state index contributed by atoms with van der Waals surface area (Å²) in [6.45, 7) is 0. The van der Waals surface area contributed by atoms with Crippen LogP contribution in [0.2, 0.25) is 0 Å². The van der Waals surface area contributed by atoms with Crippen molar-refractivity contribution < 1.29 is 0 Å². The highest BCUT2D eigenvalue weighted by Crippen LogP contribution is 2.44. The minimum Gasteiger partial charge on any atom is -0.309 e. The van der Waals surface area contributed by atoms with Gasteiger partial charge in [-0.25, -0.2) is 0 Å². The number of benzene rings is 9. The van der Waals surface area contributed by atoms with E-state index < -0.39 is 0 Å². The highest BCUT2D eigenvalue weighted by molar-refractivity contribution is 6.21. The lowest BCUT2D eigenvalue weighted by Gasteiger charge is -2.18. The van der Waals surface area contributed by atoms with E-state index in [-0.39, 0.29) is 0 Å². The average Bonchev–Trinajstić information content (AvgIpc) is 3.61. The van der Waals surface area contributed by atoms with E-state index in [1.165, 1.54) is 38.2 Å². The molecule has 0 saturated heterocycles. The van der Waals surface area contributed by atoms with Crippen LogP contribution in [0.1, 0.15) is 16.7 Å². The third-order valence-electron chi connectivity index (χ3n) is 11.1. The Balaban J connectivity index is 1.08. The van der Waals surface area contributed by atoms with Crippen molar-refractivity contribution in [2.75, 3.05) is 0 Å². The van der Waals surface area contributed by atoms with Crippen molar-refractivity contribution in [2.24, 2.45) is 0 Å². The monoisotopic (exact) mass is 722 g/mol. The zero-order chi connectivity index (χ0) is 38.5. The van der Waals surface area contributed by atoms with Gasteiger partial charge in [-0.2, -0.15) is 15.8 Å². The Hall–Kier alpha value is -8.23. The lowest BCUT2D eigenvalue weighted by molar-refractivity contribution is 1.18. The first kappa shape index (κ1) is 33.3. The Morgan fingerprint density at radius 2 is 0.825 bits per heavy atom. The summed E-state index contributed by atoms with van der Waals surface area (Å²) < 4.78 is 2.16. The van der Waals surface area contributed by atoms with Crippen LogP contribution in [0.5, 0.6) is 0 Å². The molecular weight excluding hydrogens is 693 g/mol. The Bertz CT molecular complexity index is 3240. The molecular formula is C53H30N4. The van der Waals surface area contributed by atoms with Gasteiger partial charge in [-0.3, -0.25) is 0 Å². The molecule has 0 bridgehead atoms. The molecule has 57 heavy (non-hydrogen) atoms. The average molecular weight is 723 g/mol. The fourth-order valence-corrected chi connectivity index (χ4v) is 8.50. The van der Waals surface area contributed by atoms with Crippen LogP contribution < -0.4 is 0 Å². The first-order valence-corrected chi connectivity index (χ1v) is 18.8. The molecule has 0 N–H and O–H groups in total. The predicted octanol–water partition coefficient (Wildman–Crippen LogP) is 13.4. The van der Waals surface area contributed by atoms with Gasteiger partial charge in [0.1, 0.15) is 0 Å². The molecule has 0 unspecified atom stereocenters. The Morgan fingerprint density at radius 1 is 0.333 bits per heavy atom. The Labute approximate surface area is 329 Å². The molecule has 0 atom stereocenters. The third-order valence-corrected chi connectivity index (χ3v) is 11.1. The fourth-order valence-electron chi connectivity index (χ4n) is 8.50. The third kappa shape index (κ3) is 5.51. The van der Waals surface area contributed by atoms with E-state index >= 15 is 0 Å². The first-order chi connectivity index (χ1) is 28.1. The van der Waals surface area contributed by atoms with Crippen molar-refractivity contribution in [3.8, 4) is 68.4 Å². The molecule has 0 fully saturated rings. The van der Waals surface area contributed by atoms with Gasteiger partial charge in [0.2, 0.25) is 0 Å². The molecule has 0 spiro atoms. The zero-order valence-electron chi connectivity index (χ0n) is 30.6. The van der Waals surface area contributed by atoms with Gasteiger partial charge in [0.15, 0.2) is 0 Å². The summed E-state index contributed by atoms with van der Waals surface area (Å²) in [5, 5.41) is 36.2. The van der Waals surface area contributed by atoms with E-state index in [9.17, 15) is 15.8 Å². The summed E-state index contributed by atoms with van der Waals surface area (Å²) in [5.41, 5.74) is 13.2. The maximum atomic E-state index is 10.3. The van der Waals surface area contributed by atoms with Crippen molar-refractivity contribution in [1.82, 2.24) is 4.57 Å². The molecule has 0 aliphatic heterocycles. The summed E-state index contributed by atoms with van der Waals surface area (Å²) in [6, 6.07) is 69.3. The molecule has 10 aromatic rings. The van der Waals surface area contributed by atoms with Crippen molar-refractivity contribution >= 4 is 43.4 Å². The molecule has 0 radical (unpaired) electrons. The van der Waals surface area contributed by atoms with Crippen LogP contribution in [0, 0.1) is 34.0 Å². The lowest BCUT2D eigenvalue weighted by Crippen LogP contribution is -1.94. The summed E-state index contributed by atoms with van der Waals surface area (Å²) in [6.07, 6.45) is 0. The van der Waals surface area contributed by atoms with Gasteiger partial charge >= 0.3 is 0 Å². The van der Waals surface area contributed by atoms with Crippen LogP contribution in [0.4, 0.5) is 0 Å². The van der Waals surface area contributed by atoms with Crippen LogP contribution in [0.25, 0.3) is 93.5 Å². The largest absolute Gasteiger partial charge is 0.309 e. The molecule has 1 aromatic heterocycles. The van der Waals surface area contributed by atoms with Crippen LogP contribution in [0.15, 0.2) is 182 Å². The van der Waals surface area contributed by atoms with Crippen molar-refractivity contribution in [3.05, 3.63) is 199 Å². The SMILES string of the molecule is N#Cc1ccc2c(c1)c1cc(C#N)ccc1n2-c1ccc(-c2cc(-c3cccc(-c4c5ccccc5c(-c5ccccc5)c5ccccc45)c3)ccc2C#N)cc1. The number of nitriles is 3. The molecule has 9 aromatic carbocycles. The van der Waals surface area contributed by atoms with Crippen molar-refractivity contribution in [1.29, 1.82) is 15.8 Å². The summed E-state index contributed by atoms with van der Waals surface area (Å²) in [4.78, 5) is 0. The van der Waals surface area contributed by atoms with Gasteiger partial charge in [0, 0.05) is 22.0 Å². The van der Waals surface area contributed by atoms with Gasteiger partial charge in [-0.15, -0.1) is 0 Å². The molecule has 0 saturated carbocycles. The van der Waals surface area contributed by atoms with E-state index in [0.29, 0.717) is 16.7 Å². The topological polar surface area (TPSA) is 76.3 Å². The molecule has 10 rings (SSSR count). The summed E-state index contributed by atoms with van der Waals surface area (Å²) >= 11 is 0. The van der Waals surface area contributed by atoms with Gasteiger partial charge in [0.05, 0.1) is 45.9 Å². The van der Waals surface area contributed by atoms with E-state index in [1.54, 1.807) is 0 Å². The molecule has 1 heterocycles. The maximum Gasteiger partial charge on any atom is 0.0998 e. The molecule has 0 aliphatic carbocycles. The summed E-state index contributed by atoms with van der Waals surface area (Å²) in [7, 11) is 0. The Kier molecular flexibility index (Phi) is 7.94. The number of aromatic nitrogens is 1. The summed E-state index contributed by atoms with van der Waals surface area (Å²) in [5.74, 6) is 0. The van der Waals surface area contributed by atoms with E-state index in [1.807, 2.05) is 48.5 Å². The van der Waals surface area contributed by atoms with Crippen molar-refractivity contribution in [2.45, 2.75) is 0 Å². The van der Waals surface area contributed by atoms with Crippen LogP contribution >= 0.6 is 0 Å². The van der Waals surface area contributed by atoms with Crippen molar-refractivity contribution in [3.63, 3.8) is 0 Å². The predicted molar refractivity (Wildman–Crippen MR) is 232 cm³/mol. The van der Waals surface area contributed by atoms with E-state index in [4.69, 9.17) is 0 Å². The number of rotatable bonds is 5. The first-order valence-electron chi connectivity index (χ1n) is 18.8. The molecule has 0 amide bonds. The lowest BCUT2D eigenvalue weighted by atomic mass is 9.85. The second kappa shape index (κ2) is 13.6. The Morgan fingerprint density at radius 3 is 1.39 bits per heavy atom. The van der Waals surface area contributed by atoms with Gasteiger partial charge in [-0.05, 0) is 127 Å². The van der Waals surface area contributed by atoms with Crippen LogP contribution in [-0.2, 0) is 0 Å². The van der Waals surface area contributed by atoms with Gasteiger partial charge in [-0.1, -0.05) is 115 Å². The van der Waals surface area contributed by atoms with Gasteiger partial charge < -0.3 is 4.57 Å². The van der Waals surface area contributed by atoms with E-state index in [2.05, 4.69) is 156 Å². The van der Waals surface area contributed by atoms with Crippen LogP contribution in [-0.4, -0.2) is 4.57 Å². The number of hydrogen-bond acceptors (Lipinski definition) is 3. The minimum absolute atomic E-state index is 0.566. The fraction of sp³-hybridized carbons (Fsp3) is 0. The standard InChI is InChI=1S/C53H30N4/c54-31-34-17-25-50-48(27-34)49-28-35(32-55)18-26-51(49)57(50)42-23-21-36(22-24-42)47-30-39(19-20-41(47)33-56)38-11-8-12-40(29-38)53-45-15-6-4-13-43(45)52(37-9-2-1-3-10-37)44-14-5-7-16-46(44)53/h1-30H. The number of fused-ring (bicyclic) bond motifs is 5. The second-order valence-electron chi connectivity index (χ2n) is 14.2. The van der Waals surface area contributed by atoms with Crippen LogP contribution in [0.3, 0.4) is 0 Å². The highest BCUT2D eigenvalue weighted by Gasteiger charge is 2.18. The number of nitrogens with zero attached hydrogens (tertiary/aromatic N) is 4. The zero-order valence-corrected chi connectivity index (χ0v) is 30.6. The molecule has 262 valence electrons. The molecule has 4 heteroatoms. The molecule has 4 nitrogen and oxygen atoms in total. The minimum atomic E-state index is 0.566. The number of hydrogen-bond donors (Lipinski definition) is 0. The van der Waals surface area contributed by atoms with Gasteiger partial charge in [0.25, 0.3) is 0 Å². The quantitative estimate of drug-likeness (QED) is 0.166. The second-order valence-corrected chi connectivity index (χ2v) is 14.2. The maximum absolute atomic E-state index is 10.3. The van der Waals surface area contributed by atoms with E-state index in [0.717, 1.165) is 55.3 Å².